The largest absolute Gasteiger partial charge is 0.384 e. The van der Waals surface area contributed by atoms with Crippen molar-refractivity contribution in [3.63, 3.8) is 0 Å². The maximum Gasteiger partial charge on any atom is 0.185 e. The fraction of sp³-hybridized carbons (Fsp3) is 0.655. The number of aliphatic imine (C=N–C) groups is 1. The highest BCUT2D eigenvalue weighted by Gasteiger charge is 2.33. The number of methoxy groups -OCH3 is 1. The first kappa shape index (κ1) is 28.9. The summed E-state index contributed by atoms with van der Waals surface area (Å²) in [5, 5.41) is 3.27. The zero-order chi connectivity index (χ0) is 28.1. The number of hydrogen-bond donors (Lipinski definition) is 1. The van der Waals surface area contributed by atoms with E-state index in [2.05, 4.69) is 38.5 Å². The second-order valence-electron chi connectivity index (χ2n) is 11.3. The Hall–Kier alpha value is -2.63. The van der Waals surface area contributed by atoms with Crippen LogP contribution in [0, 0.1) is 18.8 Å². The molecule has 40 heavy (non-hydrogen) atoms. The first-order valence-corrected chi connectivity index (χ1v) is 15.5. The van der Waals surface area contributed by atoms with E-state index in [1.54, 1.807) is 19.6 Å². The normalized spacial score (nSPS) is 19.4. The van der Waals surface area contributed by atoms with Crippen LogP contribution in [0.25, 0.3) is 11.4 Å². The fourth-order valence-electron chi connectivity index (χ4n) is 5.32. The molecular weight excluding hydrogens is 524 g/mol. The van der Waals surface area contributed by atoms with Crippen LogP contribution in [0.2, 0.25) is 0 Å². The summed E-state index contributed by atoms with van der Waals surface area (Å²) in [5.41, 5.74) is 3.55. The molecule has 0 aromatic carbocycles. The number of amidine groups is 1. The average Bonchev–Trinajstić information content (AvgIpc) is 3.89. The summed E-state index contributed by atoms with van der Waals surface area (Å²) in [4.78, 5) is 37.9. The van der Waals surface area contributed by atoms with Gasteiger partial charge in [-0.05, 0) is 64.2 Å². The van der Waals surface area contributed by atoms with E-state index < -0.39 is 0 Å². The summed E-state index contributed by atoms with van der Waals surface area (Å²) in [6.07, 6.45) is 11.1. The number of aldehydes is 1. The van der Waals surface area contributed by atoms with Gasteiger partial charge in [0.2, 0.25) is 0 Å². The topological polar surface area (TPSA) is 109 Å². The van der Waals surface area contributed by atoms with Gasteiger partial charge >= 0.3 is 0 Å². The third-order valence-electron chi connectivity index (χ3n) is 8.30. The van der Waals surface area contributed by atoms with E-state index in [0.717, 1.165) is 80.2 Å². The van der Waals surface area contributed by atoms with Crippen molar-refractivity contribution in [3.8, 4) is 11.4 Å². The number of aromatic nitrogens is 4. The van der Waals surface area contributed by atoms with Crippen molar-refractivity contribution in [2.45, 2.75) is 64.3 Å². The molecule has 1 atom stereocenters. The van der Waals surface area contributed by atoms with Crippen molar-refractivity contribution < 1.29 is 9.53 Å². The molecule has 1 N–H and O–H groups in total. The molecule has 3 aliphatic rings. The quantitative estimate of drug-likeness (QED) is 0.123. The van der Waals surface area contributed by atoms with E-state index in [1.165, 1.54) is 12.8 Å². The molecule has 0 bridgehead atoms. The lowest BCUT2D eigenvalue weighted by molar-refractivity contribution is -0.102. The SMILES string of the molecule is COCCSN1CCC(CN=C(C=O)Nc2cnc(-c3c(C)ncnc3C3CC3)nc2N(C)C(C)C2CC2)CC1. The van der Waals surface area contributed by atoms with Gasteiger partial charge in [-0.3, -0.25) is 14.1 Å². The van der Waals surface area contributed by atoms with Gasteiger partial charge in [-0.1, -0.05) is 11.9 Å². The van der Waals surface area contributed by atoms with Gasteiger partial charge in [0.05, 0.1) is 29.8 Å². The third kappa shape index (κ3) is 7.16. The third-order valence-corrected chi connectivity index (χ3v) is 9.38. The van der Waals surface area contributed by atoms with Gasteiger partial charge in [-0.15, -0.1) is 0 Å². The summed E-state index contributed by atoms with van der Waals surface area (Å²) < 4.78 is 7.57. The number of carbonyl (C=O) groups excluding carboxylic acids is 1. The van der Waals surface area contributed by atoms with Gasteiger partial charge in [0.25, 0.3) is 0 Å². The van der Waals surface area contributed by atoms with Crippen molar-refractivity contribution >= 4 is 35.6 Å². The summed E-state index contributed by atoms with van der Waals surface area (Å²) in [6.45, 7) is 7.70. The van der Waals surface area contributed by atoms with E-state index in [4.69, 9.17) is 19.7 Å². The second kappa shape index (κ2) is 13.4. The molecular formula is C29H42N8O2S. The van der Waals surface area contributed by atoms with Crippen LogP contribution in [0.1, 0.15) is 62.8 Å². The van der Waals surface area contributed by atoms with Crippen molar-refractivity contribution in [1.82, 2.24) is 24.2 Å². The molecule has 2 aromatic heterocycles. The Morgan fingerprint density at radius 2 is 2.00 bits per heavy atom. The number of nitrogens with zero attached hydrogens (tertiary/aromatic N) is 7. The summed E-state index contributed by atoms with van der Waals surface area (Å²) >= 11 is 1.85. The van der Waals surface area contributed by atoms with Gasteiger partial charge < -0.3 is 15.0 Å². The summed E-state index contributed by atoms with van der Waals surface area (Å²) in [5.74, 6) is 4.27. The van der Waals surface area contributed by atoms with E-state index in [1.807, 2.05) is 18.9 Å². The zero-order valence-electron chi connectivity index (χ0n) is 24.2. The highest BCUT2D eigenvalue weighted by Crippen LogP contribution is 2.44. The number of hydrogen-bond acceptors (Lipinski definition) is 10. The van der Waals surface area contributed by atoms with Crippen molar-refractivity contribution in [2.75, 3.05) is 56.4 Å². The van der Waals surface area contributed by atoms with Gasteiger partial charge in [0.1, 0.15) is 12.0 Å². The van der Waals surface area contributed by atoms with Crippen LogP contribution in [0.3, 0.4) is 0 Å². The maximum absolute atomic E-state index is 12.1. The van der Waals surface area contributed by atoms with Gasteiger partial charge in [-0.2, -0.15) is 0 Å². The van der Waals surface area contributed by atoms with Crippen LogP contribution in [-0.2, 0) is 9.53 Å². The minimum atomic E-state index is 0.319. The lowest BCUT2D eigenvalue weighted by atomic mass is 9.98. The first-order valence-electron chi connectivity index (χ1n) is 14.5. The van der Waals surface area contributed by atoms with Crippen LogP contribution in [0.4, 0.5) is 11.5 Å². The number of anilines is 2. The van der Waals surface area contributed by atoms with E-state index in [9.17, 15) is 4.79 Å². The molecule has 11 heteroatoms. The molecule has 3 fully saturated rings. The summed E-state index contributed by atoms with van der Waals surface area (Å²) in [7, 11) is 3.81. The number of carbonyl (C=O) groups is 1. The van der Waals surface area contributed by atoms with Crippen molar-refractivity contribution in [1.29, 1.82) is 0 Å². The zero-order valence-corrected chi connectivity index (χ0v) is 25.0. The maximum atomic E-state index is 12.1. The van der Waals surface area contributed by atoms with Gasteiger partial charge in [0.15, 0.2) is 23.8 Å². The number of piperidine rings is 1. The second-order valence-corrected chi connectivity index (χ2v) is 12.5. The lowest BCUT2D eigenvalue weighted by Gasteiger charge is -2.30. The molecule has 2 saturated carbocycles. The standard InChI is InChI=1S/C29H42N8O2S/c1-19-26(27(23-7-8-23)33-18-32-19)28-31-16-24(29(35-28)36(3)20(2)22-5-6-22)34-25(17-38)30-15-21-9-11-37(12-10-21)40-14-13-39-4/h16-18,20-23H,5-15H2,1-4H3,(H,30,34). The molecule has 10 nitrogen and oxygen atoms in total. The van der Waals surface area contributed by atoms with Crippen LogP contribution in [-0.4, -0.2) is 88.6 Å². The molecule has 2 aromatic rings. The number of nitrogens with one attached hydrogen (secondary N) is 1. The molecule has 0 radical (unpaired) electrons. The Bertz CT molecular complexity index is 1190. The van der Waals surface area contributed by atoms with Crippen molar-refractivity contribution in [2.24, 2.45) is 16.8 Å². The molecule has 1 aliphatic heterocycles. The molecule has 216 valence electrons. The Morgan fingerprint density at radius 3 is 2.67 bits per heavy atom. The highest BCUT2D eigenvalue weighted by atomic mass is 32.2. The van der Waals surface area contributed by atoms with Crippen molar-refractivity contribution in [3.05, 3.63) is 23.9 Å². The molecule has 0 spiro atoms. The van der Waals surface area contributed by atoms with Crippen LogP contribution in [0.5, 0.6) is 0 Å². The molecule has 2 aliphatic carbocycles. The van der Waals surface area contributed by atoms with E-state index in [0.29, 0.717) is 47.7 Å². The first-order chi connectivity index (χ1) is 19.5. The van der Waals surface area contributed by atoms with E-state index >= 15 is 0 Å². The minimum absolute atomic E-state index is 0.319. The predicted octanol–water partition coefficient (Wildman–Crippen LogP) is 4.37. The number of rotatable bonds is 13. The molecule has 1 saturated heterocycles. The summed E-state index contributed by atoms with van der Waals surface area (Å²) in [6, 6.07) is 0.322. The van der Waals surface area contributed by atoms with Crippen LogP contribution >= 0.6 is 11.9 Å². The Kier molecular flexibility index (Phi) is 9.64. The lowest BCUT2D eigenvalue weighted by Crippen LogP contribution is -2.33. The average molecular weight is 567 g/mol. The minimum Gasteiger partial charge on any atom is -0.384 e. The number of ether oxygens (including phenoxy) is 1. The fourth-order valence-corrected chi connectivity index (χ4v) is 6.28. The Balaban J connectivity index is 1.33. The monoisotopic (exact) mass is 566 g/mol. The van der Waals surface area contributed by atoms with E-state index in [-0.39, 0.29) is 0 Å². The Labute approximate surface area is 242 Å². The van der Waals surface area contributed by atoms with Gasteiger partial charge in [-0.25, -0.2) is 19.9 Å². The molecule has 5 rings (SSSR count). The Morgan fingerprint density at radius 1 is 1.23 bits per heavy atom. The smallest absolute Gasteiger partial charge is 0.185 e. The van der Waals surface area contributed by atoms with Gasteiger partial charge in [0, 0.05) is 51.5 Å². The molecule has 1 unspecified atom stereocenters. The number of aryl methyl sites for hydroxylation is 1. The molecule has 0 amide bonds. The van der Waals surface area contributed by atoms with Crippen LogP contribution < -0.4 is 10.2 Å². The predicted molar refractivity (Wildman–Crippen MR) is 161 cm³/mol. The molecule has 3 heterocycles. The highest BCUT2D eigenvalue weighted by molar-refractivity contribution is 7.97. The van der Waals surface area contributed by atoms with Crippen LogP contribution in [0.15, 0.2) is 17.5 Å².